The Hall–Kier alpha value is -1.69. The molecular formula is C14H21N3. The fourth-order valence-corrected chi connectivity index (χ4v) is 1.71. The van der Waals surface area contributed by atoms with Crippen molar-refractivity contribution in [3.63, 3.8) is 0 Å². The molecule has 1 atom stereocenters. The van der Waals surface area contributed by atoms with Crippen molar-refractivity contribution >= 4 is 11.4 Å². The zero-order valence-electron chi connectivity index (χ0n) is 10.8. The molecule has 0 heterocycles. The van der Waals surface area contributed by atoms with Crippen LogP contribution in [0.1, 0.15) is 39.2 Å². The first-order valence-corrected chi connectivity index (χ1v) is 6.09. The van der Waals surface area contributed by atoms with Gasteiger partial charge < -0.3 is 11.1 Å². The van der Waals surface area contributed by atoms with Crippen LogP contribution in [0.2, 0.25) is 0 Å². The summed E-state index contributed by atoms with van der Waals surface area (Å²) in [5, 5.41) is 12.3. The van der Waals surface area contributed by atoms with Crippen molar-refractivity contribution in [1.29, 1.82) is 5.26 Å². The molecule has 3 N–H and O–H groups in total. The van der Waals surface area contributed by atoms with E-state index in [1.165, 1.54) is 6.42 Å². The maximum atomic E-state index is 8.90. The predicted octanol–water partition coefficient (Wildman–Crippen LogP) is 3.38. The molecule has 0 bridgehead atoms. The van der Waals surface area contributed by atoms with Gasteiger partial charge in [0.25, 0.3) is 0 Å². The Kier molecular flexibility index (Phi) is 4.84. The number of hydrogen-bond acceptors (Lipinski definition) is 3. The molecule has 1 rings (SSSR count). The molecule has 0 saturated heterocycles. The highest BCUT2D eigenvalue weighted by Crippen LogP contribution is 2.23. The van der Waals surface area contributed by atoms with Crippen molar-refractivity contribution in [3.8, 4) is 6.07 Å². The molecule has 0 aliphatic rings. The third-order valence-electron chi connectivity index (χ3n) is 2.81. The van der Waals surface area contributed by atoms with Gasteiger partial charge in [0.2, 0.25) is 0 Å². The minimum atomic E-state index is 0.369. The van der Waals surface area contributed by atoms with E-state index >= 15 is 0 Å². The second-order valence-corrected chi connectivity index (χ2v) is 4.90. The van der Waals surface area contributed by atoms with E-state index in [0.29, 0.717) is 23.2 Å². The molecule has 0 amide bonds. The predicted molar refractivity (Wildman–Crippen MR) is 72.7 cm³/mol. The highest BCUT2D eigenvalue weighted by atomic mass is 14.9. The maximum Gasteiger partial charge on any atom is 0.101 e. The topological polar surface area (TPSA) is 61.8 Å². The van der Waals surface area contributed by atoms with Crippen LogP contribution < -0.4 is 11.1 Å². The number of rotatable bonds is 5. The number of anilines is 2. The van der Waals surface area contributed by atoms with Gasteiger partial charge in [0.1, 0.15) is 6.07 Å². The summed E-state index contributed by atoms with van der Waals surface area (Å²) in [6, 6.07) is 7.97. The average Bonchev–Trinajstić information content (AvgIpc) is 2.29. The SMILES string of the molecule is CC(C)CCC(C)Nc1cccc(C#N)c1N. The Morgan fingerprint density at radius 3 is 2.59 bits per heavy atom. The van der Waals surface area contributed by atoms with Crippen LogP contribution in [0.15, 0.2) is 18.2 Å². The smallest absolute Gasteiger partial charge is 0.101 e. The van der Waals surface area contributed by atoms with E-state index in [0.717, 1.165) is 12.1 Å². The molecule has 3 nitrogen and oxygen atoms in total. The summed E-state index contributed by atoms with van der Waals surface area (Å²) in [6.45, 7) is 6.58. The van der Waals surface area contributed by atoms with Gasteiger partial charge in [-0.05, 0) is 37.8 Å². The van der Waals surface area contributed by atoms with Crippen LogP contribution in [0.4, 0.5) is 11.4 Å². The molecule has 0 aliphatic heterocycles. The Morgan fingerprint density at radius 2 is 2.00 bits per heavy atom. The normalized spacial score (nSPS) is 12.2. The van der Waals surface area contributed by atoms with Crippen LogP contribution in [0.5, 0.6) is 0 Å². The minimum absolute atomic E-state index is 0.369. The number of nitriles is 1. The summed E-state index contributed by atoms with van der Waals surface area (Å²) in [5.41, 5.74) is 7.86. The lowest BCUT2D eigenvalue weighted by molar-refractivity contribution is 0.528. The van der Waals surface area contributed by atoms with E-state index in [-0.39, 0.29) is 0 Å². The van der Waals surface area contributed by atoms with Crippen LogP contribution >= 0.6 is 0 Å². The Bertz CT molecular complexity index is 404. The number of benzene rings is 1. The Morgan fingerprint density at radius 1 is 1.29 bits per heavy atom. The molecule has 0 aliphatic carbocycles. The fourth-order valence-electron chi connectivity index (χ4n) is 1.71. The van der Waals surface area contributed by atoms with Gasteiger partial charge in [-0.2, -0.15) is 5.26 Å². The third kappa shape index (κ3) is 3.99. The lowest BCUT2D eigenvalue weighted by Gasteiger charge is -2.18. The monoisotopic (exact) mass is 231 g/mol. The van der Waals surface area contributed by atoms with E-state index < -0.39 is 0 Å². The quantitative estimate of drug-likeness (QED) is 0.764. The summed E-state index contributed by atoms with van der Waals surface area (Å²) >= 11 is 0. The fraction of sp³-hybridized carbons (Fsp3) is 0.500. The molecule has 0 spiro atoms. The molecule has 0 aromatic heterocycles. The van der Waals surface area contributed by atoms with Crippen LogP contribution in [-0.4, -0.2) is 6.04 Å². The third-order valence-corrected chi connectivity index (χ3v) is 2.81. The van der Waals surface area contributed by atoms with Gasteiger partial charge in [-0.25, -0.2) is 0 Å². The van der Waals surface area contributed by atoms with E-state index in [1.54, 1.807) is 6.07 Å². The van der Waals surface area contributed by atoms with Crippen molar-refractivity contribution in [2.45, 2.75) is 39.7 Å². The summed E-state index contributed by atoms with van der Waals surface area (Å²) in [5.74, 6) is 0.710. The zero-order chi connectivity index (χ0) is 12.8. The molecule has 1 unspecified atom stereocenters. The lowest BCUT2D eigenvalue weighted by atomic mass is 10.0. The van der Waals surface area contributed by atoms with Crippen molar-refractivity contribution in [1.82, 2.24) is 0 Å². The van der Waals surface area contributed by atoms with E-state index in [9.17, 15) is 0 Å². The minimum Gasteiger partial charge on any atom is -0.396 e. The standard InChI is InChI=1S/C14H21N3/c1-10(2)7-8-11(3)17-13-6-4-5-12(9-15)14(13)16/h4-6,10-11,17H,7-8,16H2,1-3H3. The van der Waals surface area contributed by atoms with Gasteiger partial charge in [0.15, 0.2) is 0 Å². The summed E-state index contributed by atoms with van der Waals surface area (Å²) in [4.78, 5) is 0. The number of para-hydroxylation sites is 1. The second-order valence-electron chi connectivity index (χ2n) is 4.90. The van der Waals surface area contributed by atoms with Crippen LogP contribution in [0, 0.1) is 17.2 Å². The van der Waals surface area contributed by atoms with Gasteiger partial charge in [0.05, 0.1) is 16.9 Å². The first-order chi connectivity index (χ1) is 8.04. The molecule has 17 heavy (non-hydrogen) atoms. The van der Waals surface area contributed by atoms with Crippen molar-refractivity contribution < 1.29 is 0 Å². The molecular weight excluding hydrogens is 210 g/mol. The molecule has 3 heteroatoms. The first kappa shape index (κ1) is 13.4. The summed E-state index contributed by atoms with van der Waals surface area (Å²) in [7, 11) is 0. The van der Waals surface area contributed by atoms with Gasteiger partial charge in [-0.15, -0.1) is 0 Å². The maximum absolute atomic E-state index is 8.90. The van der Waals surface area contributed by atoms with Gasteiger partial charge in [-0.1, -0.05) is 19.9 Å². The number of nitrogens with zero attached hydrogens (tertiary/aromatic N) is 1. The highest BCUT2D eigenvalue weighted by molar-refractivity contribution is 5.73. The molecule has 1 aromatic carbocycles. The highest BCUT2D eigenvalue weighted by Gasteiger charge is 2.08. The molecule has 0 fully saturated rings. The number of hydrogen-bond donors (Lipinski definition) is 2. The molecule has 0 saturated carbocycles. The van der Waals surface area contributed by atoms with E-state index in [2.05, 4.69) is 32.2 Å². The lowest BCUT2D eigenvalue weighted by Crippen LogP contribution is -2.17. The largest absolute Gasteiger partial charge is 0.396 e. The second kappa shape index (κ2) is 6.15. The zero-order valence-corrected chi connectivity index (χ0v) is 10.8. The summed E-state index contributed by atoms with van der Waals surface area (Å²) in [6.07, 6.45) is 2.29. The number of nitrogens with two attached hydrogens (primary N) is 1. The van der Waals surface area contributed by atoms with E-state index in [4.69, 9.17) is 11.0 Å². The van der Waals surface area contributed by atoms with Crippen molar-refractivity contribution in [2.24, 2.45) is 5.92 Å². The van der Waals surface area contributed by atoms with Gasteiger partial charge >= 0.3 is 0 Å². The molecule has 92 valence electrons. The number of nitrogens with one attached hydrogen (secondary N) is 1. The van der Waals surface area contributed by atoms with Gasteiger partial charge in [-0.3, -0.25) is 0 Å². The van der Waals surface area contributed by atoms with Crippen molar-refractivity contribution in [3.05, 3.63) is 23.8 Å². The molecule has 0 radical (unpaired) electrons. The van der Waals surface area contributed by atoms with Crippen LogP contribution in [0.3, 0.4) is 0 Å². The van der Waals surface area contributed by atoms with Crippen molar-refractivity contribution in [2.75, 3.05) is 11.1 Å². The Balaban J connectivity index is 2.66. The van der Waals surface area contributed by atoms with E-state index in [1.807, 2.05) is 12.1 Å². The first-order valence-electron chi connectivity index (χ1n) is 6.09. The van der Waals surface area contributed by atoms with Gasteiger partial charge in [0, 0.05) is 6.04 Å². The van der Waals surface area contributed by atoms with Crippen LogP contribution in [-0.2, 0) is 0 Å². The number of nitrogen functional groups attached to an aromatic ring is 1. The Labute approximate surface area is 104 Å². The molecule has 1 aromatic rings. The van der Waals surface area contributed by atoms with Crippen LogP contribution in [0.25, 0.3) is 0 Å². The average molecular weight is 231 g/mol. The summed E-state index contributed by atoms with van der Waals surface area (Å²) < 4.78 is 0.